The minimum Gasteiger partial charge on any atom is -0.369 e. The van der Waals surface area contributed by atoms with E-state index in [0.29, 0.717) is 0 Å². The number of benzene rings is 1. The fourth-order valence-electron chi connectivity index (χ4n) is 3.54. The highest BCUT2D eigenvalue weighted by molar-refractivity contribution is 9.10. The minimum absolute atomic E-state index is 0.871. The number of rotatable bonds is 3. The quantitative estimate of drug-likeness (QED) is 0.692. The molecular formula is C16H22Br2N2. The van der Waals surface area contributed by atoms with Crippen molar-refractivity contribution in [2.45, 2.75) is 37.1 Å². The molecule has 0 radical (unpaired) electrons. The van der Waals surface area contributed by atoms with E-state index in [1.807, 2.05) is 0 Å². The third-order valence-corrected chi connectivity index (χ3v) is 5.78. The Balaban J connectivity index is 1.67. The largest absolute Gasteiger partial charge is 0.369 e. The Bertz CT molecular complexity index is 450. The molecule has 1 saturated heterocycles. The molecule has 2 nitrogen and oxygen atoms in total. The molecular weight excluding hydrogens is 380 g/mol. The summed E-state index contributed by atoms with van der Waals surface area (Å²) in [6.45, 7) is 4.76. The van der Waals surface area contributed by atoms with Crippen LogP contribution < -0.4 is 4.90 Å². The van der Waals surface area contributed by atoms with Crippen LogP contribution in [0.3, 0.4) is 0 Å². The van der Waals surface area contributed by atoms with Gasteiger partial charge in [0.25, 0.3) is 0 Å². The molecule has 1 aliphatic carbocycles. The van der Waals surface area contributed by atoms with Crippen molar-refractivity contribution in [2.75, 3.05) is 31.1 Å². The van der Waals surface area contributed by atoms with Crippen LogP contribution in [0.15, 0.2) is 22.7 Å². The summed E-state index contributed by atoms with van der Waals surface area (Å²) in [5, 5.41) is 0.929. The first-order valence-corrected chi connectivity index (χ1v) is 9.53. The van der Waals surface area contributed by atoms with E-state index >= 15 is 0 Å². The molecule has 20 heavy (non-hydrogen) atoms. The fourth-order valence-corrected chi connectivity index (χ4v) is 4.36. The lowest BCUT2D eigenvalue weighted by atomic mass is 10.1. The number of alkyl halides is 1. The summed E-state index contributed by atoms with van der Waals surface area (Å²) in [6, 6.07) is 7.49. The summed E-state index contributed by atoms with van der Waals surface area (Å²) in [6.07, 6.45) is 5.71. The van der Waals surface area contributed by atoms with Gasteiger partial charge in [-0.05, 0) is 30.5 Å². The molecule has 1 saturated carbocycles. The zero-order chi connectivity index (χ0) is 13.9. The SMILES string of the molecule is BrCc1ccc(Br)cc1N1CCN(C2CCCC2)CC1. The highest BCUT2D eigenvalue weighted by Gasteiger charge is 2.26. The fraction of sp³-hybridized carbons (Fsp3) is 0.625. The highest BCUT2D eigenvalue weighted by Crippen LogP contribution is 2.29. The van der Waals surface area contributed by atoms with Crippen molar-refractivity contribution in [1.82, 2.24) is 4.90 Å². The minimum atomic E-state index is 0.871. The van der Waals surface area contributed by atoms with Crippen molar-refractivity contribution in [1.29, 1.82) is 0 Å². The molecule has 1 aliphatic heterocycles. The average molecular weight is 402 g/mol. The first kappa shape index (κ1) is 14.9. The summed E-state index contributed by atoms with van der Waals surface area (Å²) in [7, 11) is 0. The van der Waals surface area contributed by atoms with Gasteiger partial charge in [-0.15, -0.1) is 0 Å². The van der Waals surface area contributed by atoms with E-state index in [1.165, 1.54) is 54.5 Å². The number of nitrogens with zero attached hydrogens (tertiary/aromatic N) is 2. The highest BCUT2D eigenvalue weighted by atomic mass is 79.9. The van der Waals surface area contributed by atoms with Crippen LogP contribution in [-0.2, 0) is 5.33 Å². The molecule has 0 unspecified atom stereocenters. The standard InChI is InChI=1S/C16H22Br2N2/c17-12-13-5-6-14(18)11-16(13)20-9-7-19(8-10-20)15-3-1-2-4-15/h5-6,11,15H,1-4,7-10,12H2. The Labute approximate surface area is 138 Å². The zero-order valence-corrected chi connectivity index (χ0v) is 15.0. The van der Waals surface area contributed by atoms with Gasteiger partial charge in [-0.1, -0.05) is 50.8 Å². The van der Waals surface area contributed by atoms with Crippen LogP contribution >= 0.6 is 31.9 Å². The van der Waals surface area contributed by atoms with E-state index in [-0.39, 0.29) is 0 Å². The van der Waals surface area contributed by atoms with Crippen molar-refractivity contribution < 1.29 is 0 Å². The summed E-state index contributed by atoms with van der Waals surface area (Å²) < 4.78 is 1.18. The lowest BCUT2D eigenvalue weighted by molar-refractivity contribution is 0.187. The lowest BCUT2D eigenvalue weighted by Gasteiger charge is -2.39. The molecule has 0 aromatic heterocycles. The lowest BCUT2D eigenvalue weighted by Crippen LogP contribution is -2.49. The second kappa shape index (κ2) is 6.80. The molecule has 1 heterocycles. The van der Waals surface area contributed by atoms with Crippen LogP contribution in [0.2, 0.25) is 0 Å². The molecule has 0 N–H and O–H groups in total. The topological polar surface area (TPSA) is 6.48 Å². The Morgan fingerprint density at radius 1 is 1.05 bits per heavy atom. The molecule has 2 aliphatic rings. The monoisotopic (exact) mass is 400 g/mol. The van der Waals surface area contributed by atoms with E-state index in [1.54, 1.807) is 0 Å². The van der Waals surface area contributed by atoms with Gasteiger partial charge in [0.2, 0.25) is 0 Å². The number of hydrogen-bond acceptors (Lipinski definition) is 2. The maximum Gasteiger partial charge on any atom is 0.0419 e. The van der Waals surface area contributed by atoms with E-state index in [4.69, 9.17) is 0 Å². The van der Waals surface area contributed by atoms with E-state index in [9.17, 15) is 0 Å². The van der Waals surface area contributed by atoms with Gasteiger partial charge in [-0.2, -0.15) is 0 Å². The van der Waals surface area contributed by atoms with Gasteiger partial charge in [0.05, 0.1) is 0 Å². The average Bonchev–Trinajstić information content (AvgIpc) is 3.02. The predicted molar refractivity (Wildman–Crippen MR) is 92.8 cm³/mol. The van der Waals surface area contributed by atoms with Gasteiger partial charge in [0.15, 0.2) is 0 Å². The van der Waals surface area contributed by atoms with Crippen molar-refractivity contribution >= 4 is 37.5 Å². The third-order valence-electron chi connectivity index (χ3n) is 4.69. The molecule has 0 amide bonds. The van der Waals surface area contributed by atoms with Gasteiger partial charge in [0, 0.05) is 47.7 Å². The predicted octanol–water partition coefficient (Wildman–Crippen LogP) is 4.41. The van der Waals surface area contributed by atoms with Crippen molar-refractivity contribution in [3.63, 3.8) is 0 Å². The number of halogens is 2. The van der Waals surface area contributed by atoms with Gasteiger partial charge in [-0.3, -0.25) is 4.90 Å². The van der Waals surface area contributed by atoms with Crippen LogP contribution in [0.1, 0.15) is 31.2 Å². The Morgan fingerprint density at radius 3 is 2.40 bits per heavy atom. The molecule has 0 atom stereocenters. The Morgan fingerprint density at radius 2 is 1.75 bits per heavy atom. The van der Waals surface area contributed by atoms with Crippen molar-refractivity contribution in [3.8, 4) is 0 Å². The van der Waals surface area contributed by atoms with E-state index in [0.717, 1.165) is 24.5 Å². The first-order chi connectivity index (χ1) is 9.78. The van der Waals surface area contributed by atoms with Crippen LogP contribution in [0.25, 0.3) is 0 Å². The van der Waals surface area contributed by atoms with E-state index in [2.05, 4.69) is 59.9 Å². The Kier molecular flexibility index (Phi) is 5.05. The maximum absolute atomic E-state index is 3.61. The zero-order valence-electron chi connectivity index (χ0n) is 11.8. The molecule has 4 heteroatoms. The molecule has 0 bridgehead atoms. The van der Waals surface area contributed by atoms with Crippen molar-refractivity contribution in [3.05, 3.63) is 28.2 Å². The summed E-state index contributed by atoms with van der Waals surface area (Å²) in [4.78, 5) is 5.27. The van der Waals surface area contributed by atoms with Crippen LogP contribution in [-0.4, -0.2) is 37.1 Å². The molecule has 0 spiro atoms. The van der Waals surface area contributed by atoms with Gasteiger partial charge in [0.1, 0.15) is 0 Å². The summed E-state index contributed by atoms with van der Waals surface area (Å²) >= 11 is 7.22. The number of piperazine rings is 1. The normalized spacial score (nSPS) is 21.6. The molecule has 3 rings (SSSR count). The molecule has 1 aromatic rings. The number of anilines is 1. The molecule has 110 valence electrons. The second-order valence-electron chi connectivity index (χ2n) is 5.87. The summed E-state index contributed by atoms with van der Waals surface area (Å²) in [5.74, 6) is 0. The Hall–Kier alpha value is -0.0600. The van der Waals surface area contributed by atoms with Crippen molar-refractivity contribution in [2.24, 2.45) is 0 Å². The molecule has 1 aromatic carbocycles. The summed E-state index contributed by atoms with van der Waals surface area (Å²) in [5.41, 5.74) is 2.78. The van der Waals surface area contributed by atoms with Gasteiger partial charge in [-0.25, -0.2) is 0 Å². The van der Waals surface area contributed by atoms with Gasteiger partial charge < -0.3 is 4.90 Å². The molecule has 2 fully saturated rings. The van der Waals surface area contributed by atoms with Crippen LogP contribution in [0.5, 0.6) is 0 Å². The van der Waals surface area contributed by atoms with E-state index < -0.39 is 0 Å². The smallest absolute Gasteiger partial charge is 0.0419 e. The van der Waals surface area contributed by atoms with Gasteiger partial charge >= 0.3 is 0 Å². The number of hydrogen-bond donors (Lipinski definition) is 0. The maximum atomic E-state index is 3.61. The third kappa shape index (κ3) is 3.23. The van der Waals surface area contributed by atoms with Crippen LogP contribution in [0.4, 0.5) is 5.69 Å². The second-order valence-corrected chi connectivity index (χ2v) is 7.34. The first-order valence-electron chi connectivity index (χ1n) is 7.61. The van der Waals surface area contributed by atoms with Crippen LogP contribution in [0, 0.1) is 0 Å².